The molecule has 1 unspecified atom stereocenters. The molecular weight excluding hydrogens is 372 g/mol. The summed E-state index contributed by atoms with van der Waals surface area (Å²) in [6.07, 6.45) is 0. The molecule has 1 aliphatic heterocycles. The van der Waals surface area contributed by atoms with Crippen LogP contribution in [0.2, 0.25) is 0 Å². The Labute approximate surface area is 167 Å². The molecule has 0 aliphatic carbocycles. The summed E-state index contributed by atoms with van der Waals surface area (Å²) in [5, 5.41) is 14.0. The van der Waals surface area contributed by atoms with Crippen LogP contribution in [0.4, 0.5) is 10.6 Å². The lowest BCUT2D eigenvalue weighted by molar-refractivity contribution is -0.127. The fourth-order valence-electron chi connectivity index (χ4n) is 3.65. The molecule has 29 heavy (non-hydrogen) atoms. The van der Waals surface area contributed by atoms with Gasteiger partial charge in [-0.15, -0.1) is 0 Å². The van der Waals surface area contributed by atoms with E-state index in [1.807, 2.05) is 44.2 Å². The van der Waals surface area contributed by atoms with Crippen molar-refractivity contribution in [1.29, 1.82) is 0 Å². The first-order valence-corrected chi connectivity index (χ1v) is 9.36. The highest BCUT2D eigenvalue weighted by atomic mass is 16.5. The van der Waals surface area contributed by atoms with E-state index in [2.05, 4.69) is 20.9 Å². The molecule has 2 aromatic heterocycles. The highest BCUT2D eigenvalue weighted by Crippen LogP contribution is 2.30. The number of urea groups is 1. The van der Waals surface area contributed by atoms with Crippen LogP contribution in [0.15, 0.2) is 40.9 Å². The molecule has 3 aromatic rings. The number of aryl methyl sites for hydroxylation is 2. The van der Waals surface area contributed by atoms with Crippen molar-refractivity contribution in [3.63, 3.8) is 0 Å². The van der Waals surface area contributed by atoms with Crippen molar-refractivity contribution in [2.45, 2.75) is 26.8 Å². The predicted octanol–water partition coefficient (Wildman–Crippen LogP) is 2.49. The zero-order valence-electron chi connectivity index (χ0n) is 16.5. The normalized spacial score (nSPS) is 16.6. The Balaban J connectivity index is 1.70. The van der Waals surface area contributed by atoms with Gasteiger partial charge in [0.15, 0.2) is 5.82 Å². The van der Waals surface area contributed by atoms with Crippen molar-refractivity contribution in [2.75, 3.05) is 18.4 Å². The lowest BCUT2D eigenvalue weighted by atomic mass is 10.0. The van der Waals surface area contributed by atoms with Crippen molar-refractivity contribution >= 4 is 17.8 Å². The van der Waals surface area contributed by atoms with Gasteiger partial charge in [-0.05, 0) is 32.9 Å². The summed E-state index contributed by atoms with van der Waals surface area (Å²) < 4.78 is 6.80. The van der Waals surface area contributed by atoms with Crippen LogP contribution >= 0.6 is 0 Å². The molecule has 0 saturated carbocycles. The third-order valence-corrected chi connectivity index (χ3v) is 4.96. The third-order valence-electron chi connectivity index (χ3n) is 4.96. The average Bonchev–Trinajstić information content (AvgIpc) is 3.24. The van der Waals surface area contributed by atoms with Crippen molar-refractivity contribution in [3.8, 4) is 5.69 Å². The minimum atomic E-state index is -0.783. The Morgan fingerprint density at radius 2 is 2.00 bits per heavy atom. The molecule has 1 fully saturated rings. The molecule has 9 nitrogen and oxygen atoms in total. The summed E-state index contributed by atoms with van der Waals surface area (Å²) in [5.41, 5.74) is 3.12. The number of nitrogens with one attached hydrogen (secondary N) is 2. The molecular formula is C20H22N6O3. The number of carbonyl (C=O) groups excluding carboxylic acids is 2. The summed E-state index contributed by atoms with van der Waals surface area (Å²) in [6.45, 7) is 6.24. The van der Waals surface area contributed by atoms with E-state index < -0.39 is 12.1 Å². The van der Waals surface area contributed by atoms with E-state index in [1.165, 1.54) is 4.90 Å². The van der Waals surface area contributed by atoms with Gasteiger partial charge in [-0.3, -0.25) is 10.1 Å². The van der Waals surface area contributed by atoms with Crippen molar-refractivity contribution in [2.24, 2.45) is 0 Å². The minimum absolute atomic E-state index is 0.235. The highest BCUT2D eigenvalue weighted by molar-refractivity contribution is 5.94. The van der Waals surface area contributed by atoms with E-state index in [0.717, 1.165) is 16.9 Å². The topological polar surface area (TPSA) is 105 Å². The first kappa shape index (κ1) is 18.7. The molecule has 1 aromatic carbocycles. The van der Waals surface area contributed by atoms with Crippen LogP contribution in [0, 0.1) is 20.8 Å². The van der Waals surface area contributed by atoms with Gasteiger partial charge < -0.3 is 14.7 Å². The average molecular weight is 394 g/mol. The van der Waals surface area contributed by atoms with Crippen LogP contribution in [-0.2, 0) is 4.79 Å². The Morgan fingerprint density at radius 1 is 1.24 bits per heavy atom. The molecule has 3 amide bonds. The molecule has 0 bridgehead atoms. The van der Waals surface area contributed by atoms with Gasteiger partial charge in [-0.25, -0.2) is 9.48 Å². The fraction of sp³-hybridized carbons (Fsp3) is 0.300. The zero-order chi connectivity index (χ0) is 20.5. The smallest absolute Gasteiger partial charge is 0.324 e. The number of aromatic nitrogens is 3. The molecule has 3 heterocycles. The fourth-order valence-corrected chi connectivity index (χ4v) is 3.65. The number of para-hydroxylation sites is 1. The standard InChI is InChI=1S/C20H22N6O3/c1-12-11-16(24-29-12)22-20(28)25-10-9-21-19(27)18(25)17-13(2)23-26(14(17)3)15-7-5-4-6-8-15/h4-8,11,18H,9-10H2,1-3H3,(H,21,27)(H,22,24,28). The first-order chi connectivity index (χ1) is 14.0. The van der Waals surface area contributed by atoms with E-state index >= 15 is 0 Å². The number of hydrogen-bond donors (Lipinski definition) is 2. The predicted molar refractivity (Wildman–Crippen MR) is 106 cm³/mol. The van der Waals surface area contributed by atoms with Crippen molar-refractivity contribution in [1.82, 2.24) is 25.2 Å². The van der Waals surface area contributed by atoms with E-state index in [1.54, 1.807) is 17.7 Å². The second-order valence-corrected chi connectivity index (χ2v) is 6.97. The van der Waals surface area contributed by atoms with Crippen LogP contribution < -0.4 is 10.6 Å². The van der Waals surface area contributed by atoms with Gasteiger partial charge in [-0.2, -0.15) is 5.10 Å². The Morgan fingerprint density at radius 3 is 2.69 bits per heavy atom. The number of anilines is 1. The first-order valence-electron chi connectivity index (χ1n) is 9.36. The molecule has 1 aliphatic rings. The molecule has 9 heteroatoms. The molecule has 150 valence electrons. The summed E-state index contributed by atoms with van der Waals surface area (Å²) in [4.78, 5) is 27.3. The highest BCUT2D eigenvalue weighted by Gasteiger charge is 2.38. The van der Waals surface area contributed by atoms with Crippen LogP contribution in [0.1, 0.15) is 28.8 Å². The molecule has 1 saturated heterocycles. The Bertz CT molecular complexity index is 1060. The van der Waals surface area contributed by atoms with E-state index in [0.29, 0.717) is 30.4 Å². The number of piperazine rings is 1. The second-order valence-electron chi connectivity index (χ2n) is 6.97. The SMILES string of the molecule is Cc1cc(NC(=O)N2CCNC(=O)C2c2c(C)nn(-c3ccccc3)c2C)no1. The molecule has 0 radical (unpaired) electrons. The molecule has 4 rings (SSSR count). The zero-order valence-corrected chi connectivity index (χ0v) is 16.5. The van der Waals surface area contributed by atoms with Crippen LogP contribution in [0.3, 0.4) is 0 Å². The third kappa shape index (κ3) is 3.46. The van der Waals surface area contributed by atoms with Crippen molar-refractivity contribution in [3.05, 3.63) is 59.1 Å². The summed E-state index contributed by atoms with van der Waals surface area (Å²) in [7, 11) is 0. The van der Waals surface area contributed by atoms with Crippen LogP contribution in [0.5, 0.6) is 0 Å². The van der Waals surface area contributed by atoms with Gasteiger partial charge >= 0.3 is 6.03 Å². The quantitative estimate of drug-likeness (QED) is 0.710. The molecule has 2 N–H and O–H groups in total. The van der Waals surface area contributed by atoms with Gasteiger partial charge in [0.25, 0.3) is 0 Å². The van der Waals surface area contributed by atoms with Gasteiger partial charge in [0.2, 0.25) is 5.91 Å². The lowest BCUT2D eigenvalue weighted by Crippen LogP contribution is -2.53. The summed E-state index contributed by atoms with van der Waals surface area (Å²) in [6, 6.07) is 10.1. The summed E-state index contributed by atoms with van der Waals surface area (Å²) in [5.74, 6) is 0.663. The number of benzene rings is 1. The molecule has 1 atom stereocenters. The number of rotatable bonds is 3. The second kappa shape index (κ2) is 7.42. The van der Waals surface area contributed by atoms with Gasteiger partial charge in [0.1, 0.15) is 11.8 Å². The number of carbonyl (C=O) groups is 2. The van der Waals surface area contributed by atoms with E-state index in [4.69, 9.17) is 4.52 Å². The largest absolute Gasteiger partial charge is 0.360 e. The molecule has 0 spiro atoms. The van der Waals surface area contributed by atoms with E-state index in [-0.39, 0.29) is 5.91 Å². The Hall–Kier alpha value is -3.62. The number of nitrogens with zero attached hydrogens (tertiary/aromatic N) is 4. The van der Waals surface area contributed by atoms with E-state index in [9.17, 15) is 9.59 Å². The van der Waals surface area contributed by atoms with Gasteiger partial charge in [-0.1, -0.05) is 23.4 Å². The number of hydrogen-bond acceptors (Lipinski definition) is 5. The maximum Gasteiger partial charge on any atom is 0.324 e. The number of amides is 3. The van der Waals surface area contributed by atoms with Gasteiger partial charge in [0, 0.05) is 30.4 Å². The monoisotopic (exact) mass is 394 g/mol. The van der Waals surface area contributed by atoms with Crippen LogP contribution in [-0.4, -0.2) is 44.9 Å². The minimum Gasteiger partial charge on any atom is -0.360 e. The Kier molecular flexibility index (Phi) is 4.79. The summed E-state index contributed by atoms with van der Waals surface area (Å²) >= 11 is 0. The maximum absolute atomic E-state index is 12.9. The maximum atomic E-state index is 12.9. The van der Waals surface area contributed by atoms with Crippen molar-refractivity contribution < 1.29 is 14.1 Å². The van der Waals surface area contributed by atoms with Gasteiger partial charge in [0.05, 0.1) is 11.4 Å². The lowest BCUT2D eigenvalue weighted by Gasteiger charge is -2.35. The van der Waals surface area contributed by atoms with Crippen LogP contribution in [0.25, 0.3) is 5.69 Å².